The molecule has 1 saturated heterocycles. The average Bonchev–Trinajstić information content (AvgIpc) is 3.37. The van der Waals surface area contributed by atoms with Crippen molar-refractivity contribution in [1.82, 2.24) is 20.3 Å². The van der Waals surface area contributed by atoms with Crippen LogP contribution in [-0.2, 0) is 4.74 Å². The Morgan fingerprint density at radius 2 is 1.97 bits per heavy atom. The smallest absolute Gasteiger partial charge is 0.410 e. The first-order chi connectivity index (χ1) is 18.2. The Bertz CT molecular complexity index is 1150. The molecule has 1 unspecified atom stereocenters. The number of carbonyl (C=O) groups is 1. The van der Waals surface area contributed by atoms with Crippen LogP contribution < -0.4 is 16.1 Å². The lowest BCUT2D eigenvalue weighted by molar-refractivity contribution is -0.0343. The summed E-state index contributed by atoms with van der Waals surface area (Å²) in [5.74, 6) is 0.589. The summed E-state index contributed by atoms with van der Waals surface area (Å²) >= 11 is 6.35. The third-order valence-electron chi connectivity index (χ3n) is 7.59. The fourth-order valence-electron chi connectivity index (χ4n) is 5.36. The standard InChI is InChI=1S/C27H38ClN7O3/c1-27(2,38-3)20-13-8-14-35(20)34-24-22(30-16-17-9-5-4-6-10-17)21(18-11-7-12-19(28)15-18)31-25(33-24)23(29)32-26(36)37/h7,11-12,15,17,20,30H,4-6,8-10,13-14,16H2,1-3H3,(H2,29,32)(H,36,37)(H,31,33,34). The fraction of sp³-hybridized carbons (Fsp3) is 0.556. The Hall–Kier alpha value is -2.95. The highest BCUT2D eigenvalue weighted by molar-refractivity contribution is 6.30. The highest BCUT2D eigenvalue weighted by Gasteiger charge is 2.38. The predicted octanol–water partition coefficient (Wildman–Crippen LogP) is 5.60. The van der Waals surface area contributed by atoms with E-state index in [4.69, 9.17) is 21.7 Å². The molecular formula is C27H38ClN7O3. The fourth-order valence-corrected chi connectivity index (χ4v) is 5.55. The van der Waals surface area contributed by atoms with Crippen molar-refractivity contribution in [3.05, 3.63) is 35.1 Å². The molecule has 2 aromatic rings. The first-order valence-electron chi connectivity index (χ1n) is 13.3. The molecule has 1 aromatic heterocycles. The molecule has 2 heterocycles. The maximum absolute atomic E-state index is 11.3. The van der Waals surface area contributed by atoms with Crippen LogP contribution in [0.4, 0.5) is 16.3 Å². The van der Waals surface area contributed by atoms with Gasteiger partial charge >= 0.3 is 6.09 Å². The van der Waals surface area contributed by atoms with Crippen LogP contribution in [0.15, 0.2) is 24.3 Å². The molecular weight excluding hydrogens is 506 g/mol. The number of nitrogens with one attached hydrogen (secondary N) is 4. The minimum absolute atomic E-state index is 0.0326. The topological polar surface area (TPSA) is 135 Å². The van der Waals surface area contributed by atoms with Gasteiger partial charge in [-0.1, -0.05) is 43.0 Å². The second-order valence-corrected chi connectivity index (χ2v) is 11.0. The SMILES string of the molecule is COC(C)(C)C1CCCN1Nc1nc(C(=N)NC(=O)O)nc(-c2cccc(Cl)c2)c1NCC1CCCCC1. The van der Waals surface area contributed by atoms with E-state index < -0.39 is 17.5 Å². The monoisotopic (exact) mass is 543 g/mol. The van der Waals surface area contributed by atoms with Crippen LogP contribution in [-0.4, -0.2) is 63.9 Å². The van der Waals surface area contributed by atoms with E-state index in [-0.39, 0.29) is 11.9 Å². The van der Waals surface area contributed by atoms with Crippen LogP contribution in [0.3, 0.4) is 0 Å². The summed E-state index contributed by atoms with van der Waals surface area (Å²) in [4.78, 5) is 20.6. The number of benzene rings is 1. The van der Waals surface area contributed by atoms with Crippen LogP contribution in [0.5, 0.6) is 0 Å². The third kappa shape index (κ3) is 6.73. The number of nitrogens with zero attached hydrogens (tertiary/aromatic N) is 3. The Morgan fingerprint density at radius 3 is 2.66 bits per heavy atom. The molecule has 1 atom stereocenters. The van der Waals surface area contributed by atoms with Crippen LogP contribution in [0.2, 0.25) is 5.02 Å². The number of anilines is 2. The molecule has 1 amide bonds. The van der Waals surface area contributed by atoms with Gasteiger partial charge in [0.25, 0.3) is 0 Å². The molecule has 2 fully saturated rings. The van der Waals surface area contributed by atoms with Gasteiger partial charge in [0.2, 0.25) is 0 Å². The molecule has 1 aliphatic heterocycles. The van der Waals surface area contributed by atoms with Crippen LogP contribution >= 0.6 is 11.6 Å². The van der Waals surface area contributed by atoms with Crippen molar-refractivity contribution in [2.24, 2.45) is 5.92 Å². The first kappa shape index (κ1) is 28.1. The zero-order valence-electron chi connectivity index (χ0n) is 22.3. The second kappa shape index (κ2) is 12.3. The summed E-state index contributed by atoms with van der Waals surface area (Å²) in [5, 5.41) is 25.9. The maximum Gasteiger partial charge on any atom is 0.410 e. The number of hydrogen-bond acceptors (Lipinski definition) is 8. The van der Waals surface area contributed by atoms with E-state index >= 15 is 0 Å². The van der Waals surface area contributed by atoms with Gasteiger partial charge in [0.15, 0.2) is 17.5 Å². The number of ether oxygens (including phenoxy) is 1. The number of halogens is 1. The van der Waals surface area contributed by atoms with Crippen LogP contribution in [0.25, 0.3) is 11.3 Å². The molecule has 38 heavy (non-hydrogen) atoms. The van der Waals surface area contributed by atoms with Crippen molar-refractivity contribution < 1.29 is 14.6 Å². The van der Waals surface area contributed by atoms with Crippen molar-refractivity contribution in [2.75, 3.05) is 30.9 Å². The highest BCUT2D eigenvalue weighted by Crippen LogP contribution is 2.36. The van der Waals surface area contributed by atoms with Crippen LogP contribution in [0.1, 0.15) is 64.6 Å². The van der Waals surface area contributed by atoms with E-state index in [1.54, 1.807) is 13.2 Å². The average molecular weight is 544 g/mol. The van der Waals surface area contributed by atoms with E-state index in [9.17, 15) is 9.90 Å². The molecule has 206 valence electrons. The molecule has 0 bridgehead atoms. The maximum atomic E-state index is 11.3. The molecule has 1 aliphatic carbocycles. The Morgan fingerprint density at radius 1 is 1.21 bits per heavy atom. The quantitative estimate of drug-likeness (QED) is 0.204. The van der Waals surface area contributed by atoms with Crippen molar-refractivity contribution >= 4 is 35.0 Å². The number of hydrogen-bond donors (Lipinski definition) is 5. The number of amidine groups is 1. The highest BCUT2D eigenvalue weighted by atomic mass is 35.5. The van der Waals surface area contributed by atoms with Crippen molar-refractivity contribution in [3.63, 3.8) is 0 Å². The van der Waals surface area contributed by atoms with Gasteiger partial charge in [0.05, 0.1) is 17.3 Å². The minimum atomic E-state index is -1.35. The molecule has 1 aromatic carbocycles. The summed E-state index contributed by atoms with van der Waals surface area (Å²) in [5.41, 5.74) is 5.09. The summed E-state index contributed by atoms with van der Waals surface area (Å²) in [6.07, 6.45) is 6.67. The van der Waals surface area contributed by atoms with E-state index in [0.717, 1.165) is 31.5 Å². The minimum Gasteiger partial charge on any atom is -0.465 e. The van der Waals surface area contributed by atoms with Crippen molar-refractivity contribution in [3.8, 4) is 11.3 Å². The lowest BCUT2D eigenvalue weighted by Crippen LogP contribution is -2.49. The van der Waals surface area contributed by atoms with E-state index in [2.05, 4.69) is 44.9 Å². The molecule has 4 rings (SSSR count). The van der Waals surface area contributed by atoms with E-state index in [0.29, 0.717) is 28.1 Å². The zero-order valence-corrected chi connectivity index (χ0v) is 23.1. The van der Waals surface area contributed by atoms with Gasteiger partial charge in [0.1, 0.15) is 5.69 Å². The van der Waals surface area contributed by atoms with Gasteiger partial charge in [-0.15, -0.1) is 0 Å². The third-order valence-corrected chi connectivity index (χ3v) is 7.82. The molecule has 10 nitrogen and oxygen atoms in total. The molecule has 0 spiro atoms. The summed E-state index contributed by atoms with van der Waals surface area (Å²) in [7, 11) is 1.71. The summed E-state index contributed by atoms with van der Waals surface area (Å²) in [6.45, 7) is 5.68. The normalized spacial score (nSPS) is 18.8. The molecule has 2 aliphatic rings. The molecule has 1 saturated carbocycles. The van der Waals surface area contributed by atoms with Gasteiger partial charge in [-0.3, -0.25) is 10.7 Å². The number of aromatic nitrogens is 2. The number of amides is 1. The van der Waals surface area contributed by atoms with Gasteiger partial charge in [0, 0.05) is 30.8 Å². The van der Waals surface area contributed by atoms with Crippen molar-refractivity contribution in [2.45, 2.75) is 70.4 Å². The zero-order chi connectivity index (χ0) is 27.3. The summed E-state index contributed by atoms with van der Waals surface area (Å²) in [6, 6.07) is 7.43. The Balaban J connectivity index is 1.79. The molecule has 0 radical (unpaired) electrons. The molecule has 11 heteroatoms. The Kier molecular flexibility index (Phi) is 9.07. The second-order valence-electron chi connectivity index (χ2n) is 10.6. The van der Waals surface area contributed by atoms with E-state index in [1.165, 1.54) is 32.1 Å². The molecule has 5 N–H and O–H groups in total. The van der Waals surface area contributed by atoms with Gasteiger partial charge in [-0.25, -0.2) is 19.8 Å². The lowest BCUT2D eigenvalue weighted by Gasteiger charge is -2.37. The number of carboxylic acid groups (broad SMARTS) is 1. The number of hydrazine groups is 1. The van der Waals surface area contributed by atoms with Crippen molar-refractivity contribution in [1.29, 1.82) is 5.41 Å². The number of methoxy groups -OCH3 is 1. The first-order valence-corrected chi connectivity index (χ1v) is 13.6. The van der Waals surface area contributed by atoms with Gasteiger partial charge in [-0.2, -0.15) is 0 Å². The van der Waals surface area contributed by atoms with E-state index in [1.807, 2.05) is 18.2 Å². The van der Waals surface area contributed by atoms with Crippen LogP contribution in [0, 0.1) is 11.3 Å². The van der Waals surface area contributed by atoms with Gasteiger partial charge < -0.3 is 20.6 Å². The van der Waals surface area contributed by atoms with Gasteiger partial charge in [-0.05, 0) is 57.6 Å². The number of rotatable bonds is 9. The largest absolute Gasteiger partial charge is 0.465 e. The Labute approximate surface area is 229 Å². The summed E-state index contributed by atoms with van der Waals surface area (Å²) < 4.78 is 5.80. The predicted molar refractivity (Wildman–Crippen MR) is 150 cm³/mol. The lowest BCUT2D eigenvalue weighted by atomic mass is 9.89.